The molecule has 0 saturated heterocycles. The second kappa shape index (κ2) is 5.65. The third kappa shape index (κ3) is 3.07. The largest absolute Gasteiger partial charge is 0.271 e. The molecule has 1 atom stereocenters. The first-order chi connectivity index (χ1) is 8.20. The van der Waals surface area contributed by atoms with Gasteiger partial charge in [-0.2, -0.15) is 0 Å². The number of thiophene rings is 1. The van der Waals surface area contributed by atoms with E-state index in [2.05, 4.69) is 29.0 Å². The zero-order valence-electron chi connectivity index (χ0n) is 9.61. The molecule has 0 aliphatic carbocycles. The van der Waals surface area contributed by atoms with Crippen LogP contribution in [0.3, 0.4) is 0 Å². The predicted molar refractivity (Wildman–Crippen MR) is 74.3 cm³/mol. The Hall–Kier alpha value is -0.870. The summed E-state index contributed by atoms with van der Waals surface area (Å²) in [5.41, 5.74) is 5.06. The number of halogens is 1. The SMILES string of the molecule is Cc1ccc(C(Cc2cccs2)NN)cc1Cl. The van der Waals surface area contributed by atoms with Gasteiger partial charge in [0.05, 0.1) is 6.04 Å². The van der Waals surface area contributed by atoms with E-state index >= 15 is 0 Å². The second-order valence-electron chi connectivity index (χ2n) is 4.01. The molecule has 0 amide bonds. The molecule has 0 spiro atoms. The molecule has 2 aromatic rings. The maximum absolute atomic E-state index is 6.13. The van der Waals surface area contributed by atoms with Gasteiger partial charge in [0.25, 0.3) is 0 Å². The van der Waals surface area contributed by atoms with E-state index in [0.717, 1.165) is 22.6 Å². The van der Waals surface area contributed by atoms with Gasteiger partial charge in [-0.3, -0.25) is 11.3 Å². The van der Waals surface area contributed by atoms with Crippen molar-refractivity contribution in [1.29, 1.82) is 0 Å². The summed E-state index contributed by atoms with van der Waals surface area (Å²) < 4.78 is 0. The lowest BCUT2D eigenvalue weighted by Gasteiger charge is -2.16. The van der Waals surface area contributed by atoms with Crippen LogP contribution >= 0.6 is 22.9 Å². The summed E-state index contributed by atoms with van der Waals surface area (Å²) in [6, 6.07) is 10.3. The molecule has 0 fully saturated rings. The van der Waals surface area contributed by atoms with Crippen LogP contribution in [0.2, 0.25) is 5.02 Å². The smallest absolute Gasteiger partial charge is 0.0508 e. The molecule has 0 bridgehead atoms. The fourth-order valence-electron chi connectivity index (χ4n) is 1.73. The number of aryl methyl sites for hydroxylation is 1. The van der Waals surface area contributed by atoms with Gasteiger partial charge < -0.3 is 0 Å². The van der Waals surface area contributed by atoms with Crippen molar-refractivity contribution in [2.24, 2.45) is 5.84 Å². The quantitative estimate of drug-likeness (QED) is 0.657. The first-order valence-electron chi connectivity index (χ1n) is 5.45. The van der Waals surface area contributed by atoms with Crippen molar-refractivity contribution in [3.63, 3.8) is 0 Å². The molecule has 1 heterocycles. The highest BCUT2D eigenvalue weighted by Crippen LogP contribution is 2.24. The van der Waals surface area contributed by atoms with E-state index in [9.17, 15) is 0 Å². The van der Waals surface area contributed by atoms with Gasteiger partial charge in [0.1, 0.15) is 0 Å². The number of hydrogen-bond donors (Lipinski definition) is 2. The molecule has 0 saturated carbocycles. The highest BCUT2D eigenvalue weighted by atomic mass is 35.5. The lowest BCUT2D eigenvalue weighted by atomic mass is 10.0. The van der Waals surface area contributed by atoms with E-state index in [-0.39, 0.29) is 6.04 Å². The zero-order valence-corrected chi connectivity index (χ0v) is 11.2. The number of hydrogen-bond acceptors (Lipinski definition) is 3. The molecule has 0 aliphatic rings. The minimum Gasteiger partial charge on any atom is -0.271 e. The molecule has 1 aromatic carbocycles. The van der Waals surface area contributed by atoms with E-state index in [1.54, 1.807) is 11.3 Å². The van der Waals surface area contributed by atoms with Gasteiger partial charge in [-0.1, -0.05) is 29.8 Å². The fraction of sp³-hybridized carbons (Fsp3) is 0.231. The number of nitrogens with one attached hydrogen (secondary N) is 1. The third-order valence-corrected chi connectivity index (χ3v) is 4.09. The van der Waals surface area contributed by atoms with E-state index in [4.69, 9.17) is 17.4 Å². The molecule has 2 nitrogen and oxygen atoms in total. The van der Waals surface area contributed by atoms with Crippen LogP contribution in [0.4, 0.5) is 0 Å². The van der Waals surface area contributed by atoms with Crippen molar-refractivity contribution >= 4 is 22.9 Å². The predicted octanol–water partition coefficient (Wildman–Crippen LogP) is 3.46. The Balaban J connectivity index is 2.20. The number of nitrogens with two attached hydrogens (primary N) is 1. The average molecular weight is 267 g/mol. The van der Waals surface area contributed by atoms with Gasteiger partial charge in [-0.25, -0.2) is 0 Å². The van der Waals surface area contributed by atoms with Crippen LogP contribution in [0.5, 0.6) is 0 Å². The first-order valence-corrected chi connectivity index (χ1v) is 6.71. The Morgan fingerprint density at radius 2 is 2.24 bits per heavy atom. The lowest BCUT2D eigenvalue weighted by Crippen LogP contribution is -2.29. The Bertz CT molecular complexity index is 482. The minimum atomic E-state index is 0.103. The lowest BCUT2D eigenvalue weighted by molar-refractivity contribution is 0.555. The number of benzene rings is 1. The number of rotatable bonds is 4. The summed E-state index contributed by atoms with van der Waals surface area (Å²) in [4.78, 5) is 1.31. The molecular weight excluding hydrogens is 252 g/mol. The van der Waals surface area contributed by atoms with Crippen LogP contribution in [0.1, 0.15) is 22.0 Å². The van der Waals surface area contributed by atoms with Gasteiger partial charge >= 0.3 is 0 Å². The van der Waals surface area contributed by atoms with Crippen molar-refractivity contribution in [3.05, 3.63) is 56.7 Å². The Kier molecular flexibility index (Phi) is 4.18. The Morgan fingerprint density at radius 3 is 2.82 bits per heavy atom. The highest BCUT2D eigenvalue weighted by molar-refractivity contribution is 7.09. The Morgan fingerprint density at radius 1 is 1.41 bits per heavy atom. The molecule has 0 aliphatic heterocycles. The summed E-state index contributed by atoms with van der Waals surface area (Å²) in [6.45, 7) is 2.00. The van der Waals surface area contributed by atoms with Crippen LogP contribution in [0, 0.1) is 6.92 Å². The molecule has 0 radical (unpaired) electrons. The van der Waals surface area contributed by atoms with Gasteiger partial charge in [-0.05, 0) is 35.6 Å². The summed E-state index contributed by atoms with van der Waals surface area (Å²) in [5.74, 6) is 5.62. The normalized spacial score (nSPS) is 12.6. The van der Waals surface area contributed by atoms with Gasteiger partial charge in [0, 0.05) is 16.3 Å². The molecule has 1 aromatic heterocycles. The molecule has 4 heteroatoms. The molecule has 90 valence electrons. The van der Waals surface area contributed by atoms with E-state index in [1.165, 1.54) is 4.88 Å². The summed E-state index contributed by atoms with van der Waals surface area (Å²) in [7, 11) is 0. The minimum absolute atomic E-state index is 0.103. The highest BCUT2D eigenvalue weighted by Gasteiger charge is 2.12. The molecule has 1 unspecified atom stereocenters. The van der Waals surface area contributed by atoms with Crippen LogP contribution in [-0.4, -0.2) is 0 Å². The van der Waals surface area contributed by atoms with Gasteiger partial charge in [0.15, 0.2) is 0 Å². The summed E-state index contributed by atoms with van der Waals surface area (Å²) >= 11 is 7.87. The van der Waals surface area contributed by atoms with Crippen LogP contribution < -0.4 is 11.3 Å². The standard InChI is InChI=1S/C13H15ClN2S/c1-9-4-5-10(7-12(9)14)13(16-15)8-11-3-2-6-17-11/h2-7,13,16H,8,15H2,1H3. The van der Waals surface area contributed by atoms with Crippen molar-refractivity contribution in [2.45, 2.75) is 19.4 Å². The van der Waals surface area contributed by atoms with Crippen LogP contribution in [0.25, 0.3) is 0 Å². The molecular formula is C13H15ClN2S. The van der Waals surface area contributed by atoms with Crippen molar-refractivity contribution in [1.82, 2.24) is 5.43 Å². The van der Waals surface area contributed by atoms with Crippen LogP contribution in [0.15, 0.2) is 35.7 Å². The summed E-state index contributed by atoms with van der Waals surface area (Å²) in [5, 5.41) is 2.86. The van der Waals surface area contributed by atoms with E-state index in [1.807, 2.05) is 19.1 Å². The molecule has 3 N–H and O–H groups in total. The zero-order chi connectivity index (χ0) is 12.3. The maximum atomic E-state index is 6.13. The topological polar surface area (TPSA) is 38.0 Å². The monoisotopic (exact) mass is 266 g/mol. The fourth-order valence-corrected chi connectivity index (χ4v) is 2.67. The van der Waals surface area contributed by atoms with E-state index in [0.29, 0.717) is 0 Å². The van der Waals surface area contributed by atoms with Gasteiger partial charge in [0.2, 0.25) is 0 Å². The van der Waals surface area contributed by atoms with Crippen molar-refractivity contribution in [2.75, 3.05) is 0 Å². The van der Waals surface area contributed by atoms with E-state index < -0.39 is 0 Å². The molecule has 2 rings (SSSR count). The average Bonchev–Trinajstić information content (AvgIpc) is 2.82. The van der Waals surface area contributed by atoms with Crippen molar-refractivity contribution in [3.8, 4) is 0 Å². The van der Waals surface area contributed by atoms with Crippen molar-refractivity contribution < 1.29 is 0 Å². The second-order valence-corrected chi connectivity index (χ2v) is 5.45. The van der Waals surface area contributed by atoms with Crippen LogP contribution in [-0.2, 0) is 6.42 Å². The third-order valence-electron chi connectivity index (χ3n) is 2.78. The maximum Gasteiger partial charge on any atom is 0.0508 e. The first kappa shape index (κ1) is 12.6. The Labute approximate surface area is 110 Å². The summed E-state index contributed by atoms with van der Waals surface area (Å²) in [6.07, 6.45) is 0.882. The molecule has 17 heavy (non-hydrogen) atoms. The van der Waals surface area contributed by atoms with Gasteiger partial charge in [-0.15, -0.1) is 11.3 Å². The number of hydrazine groups is 1.